The average Bonchev–Trinajstić information content (AvgIpc) is 3.65. The van der Waals surface area contributed by atoms with Crippen LogP contribution in [0.3, 0.4) is 0 Å². The van der Waals surface area contributed by atoms with E-state index in [0.29, 0.717) is 65.1 Å². The average molecular weight is 703 g/mol. The van der Waals surface area contributed by atoms with Gasteiger partial charge in [-0.05, 0) is 49.6 Å². The molecular formula is C42H42N2O8. The van der Waals surface area contributed by atoms with Crippen molar-refractivity contribution in [3.8, 4) is 28.7 Å². The zero-order chi connectivity index (χ0) is 36.1. The van der Waals surface area contributed by atoms with Crippen molar-refractivity contribution in [1.29, 1.82) is 0 Å². The highest BCUT2D eigenvalue weighted by atomic mass is 16.7. The predicted molar refractivity (Wildman–Crippen MR) is 193 cm³/mol. The molecule has 0 unspecified atom stereocenters. The van der Waals surface area contributed by atoms with E-state index >= 15 is 4.79 Å². The van der Waals surface area contributed by atoms with E-state index in [4.69, 9.17) is 28.4 Å². The number of likely N-dealkylation sites (N-methyl/N-ethyl adjacent to an activating group) is 1. The number of methoxy groups -OCH3 is 1. The Morgan fingerprint density at radius 2 is 1.56 bits per heavy atom. The van der Waals surface area contributed by atoms with Crippen LogP contribution in [0.4, 0.5) is 0 Å². The van der Waals surface area contributed by atoms with Gasteiger partial charge in [-0.25, -0.2) is 0 Å². The van der Waals surface area contributed by atoms with Crippen LogP contribution < -0.4 is 23.7 Å². The lowest BCUT2D eigenvalue weighted by Gasteiger charge is -2.56. The van der Waals surface area contributed by atoms with E-state index in [-0.39, 0.29) is 31.7 Å². The molecule has 52 heavy (non-hydrogen) atoms. The van der Waals surface area contributed by atoms with Gasteiger partial charge in [0.2, 0.25) is 12.7 Å². The minimum atomic E-state index is -0.942. The summed E-state index contributed by atoms with van der Waals surface area (Å²) in [6, 6.07) is 19.2. The SMILES string of the molecule is C=CCOc1c(C)c2c(c3c1C(=O)[C@@H]1[C@H]4c5c(cc(C)c(OC)c5OCc5ccccc5)C[C@@H](C(=O)N1[C@H]3COCc1ccccc1)N4C)OCO2. The molecule has 4 aliphatic rings. The van der Waals surface area contributed by atoms with Crippen LogP contribution in [0.2, 0.25) is 0 Å². The van der Waals surface area contributed by atoms with E-state index in [1.165, 1.54) is 0 Å². The van der Waals surface area contributed by atoms with Crippen LogP contribution in [0.15, 0.2) is 79.4 Å². The Labute approximate surface area is 303 Å². The minimum absolute atomic E-state index is 0.0146. The monoisotopic (exact) mass is 702 g/mol. The Morgan fingerprint density at radius 3 is 2.25 bits per heavy atom. The van der Waals surface area contributed by atoms with Gasteiger partial charge in [0, 0.05) is 16.7 Å². The zero-order valence-corrected chi connectivity index (χ0v) is 29.8. The van der Waals surface area contributed by atoms with Crippen LogP contribution >= 0.6 is 0 Å². The van der Waals surface area contributed by atoms with Gasteiger partial charge in [0.1, 0.15) is 25.0 Å². The maximum atomic E-state index is 15.4. The fourth-order valence-corrected chi connectivity index (χ4v) is 8.42. The molecule has 0 radical (unpaired) electrons. The van der Waals surface area contributed by atoms with E-state index in [0.717, 1.165) is 27.8 Å². The molecule has 0 aromatic heterocycles. The number of rotatable bonds is 11. The third-order valence-electron chi connectivity index (χ3n) is 10.7. The first kappa shape index (κ1) is 33.8. The molecule has 1 fully saturated rings. The standard InChI is InChI=1S/C42H42N2O8/c1-6-17-49-38-25(3)39-41(52-23-51-39)32-30(22-48-20-26-13-9-7-10-14-26)44-35(36(45)33(32)38)34-31-28(19-29(42(44)46)43(34)4)18-24(2)37(47-5)40(31)50-21-27-15-11-8-12-16-27/h6-16,18,29-30,34-35H,1,17,19-23H2,2-5H3/t29-,30-,34+,35-/m0/s1. The highest BCUT2D eigenvalue weighted by molar-refractivity contribution is 6.10. The molecular weight excluding hydrogens is 660 g/mol. The number of fused-ring (bicyclic) bond motifs is 9. The molecule has 0 N–H and O–H groups in total. The summed E-state index contributed by atoms with van der Waals surface area (Å²) in [5.41, 5.74) is 6.26. The van der Waals surface area contributed by atoms with Crippen molar-refractivity contribution in [3.05, 3.63) is 124 Å². The Morgan fingerprint density at radius 1 is 0.865 bits per heavy atom. The molecule has 4 aromatic rings. The Hall–Kier alpha value is -5.32. The van der Waals surface area contributed by atoms with Crippen LogP contribution in [0.1, 0.15) is 61.4 Å². The maximum Gasteiger partial charge on any atom is 0.241 e. The highest BCUT2D eigenvalue weighted by Crippen LogP contribution is 2.57. The maximum absolute atomic E-state index is 15.4. The van der Waals surface area contributed by atoms with Gasteiger partial charge in [-0.15, -0.1) is 0 Å². The van der Waals surface area contributed by atoms with Crippen LogP contribution in [-0.4, -0.2) is 67.7 Å². The van der Waals surface area contributed by atoms with Crippen molar-refractivity contribution < 1.29 is 38.0 Å². The number of piperazine rings is 1. The number of hydrogen-bond acceptors (Lipinski definition) is 9. The summed E-state index contributed by atoms with van der Waals surface area (Å²) >= 11 is 0. The van der Waals surface area contributed by atoms with Gasteiger partial charge in [0.15, 0.2) is 28.8 Å². The number of amides is 1. The van der Waals surface area contributed by atoms with E-state index in [1.54, 1.807) is 18.1 Å². The fraction of sp³-hybridized carbons (Fsp3) is 0.333. The van der Waals surface area contributed by atoms with Gasteiger partial charge in [0.25, 0.3) is 0 Å². The van der Waals surface area contributed by atoms with E-state index in [9.17, 15) is 4.79 Å². The third-order valence-corrected chi connectivity index (χ3v) is 10.7. The number of aryl methyl sites for hydroxylation is 1. The molecule has 8 rings (SSSR count). The number of carbonyl (C=O) groups is 2. The number of ketones is 1. The largest absolute Gasteiger partial charge is 0.493 e. The summed E-state index contributed by atoms with van der Waals surface area (Å²) in [5, 5.41) is 0. The Bertz CT molecular complexity index is 2050. The number of carbonyl (C=O) groups excluding carboxylic acids is 2. The normalized spacial score (nSPS) is 21.3. The lowest BCUT2D eigenvalue weighted by Crippen LogP contribution is -2.68. The lowest BCUT2D eigenvalue weighted by atomic mass is 9.73. The van der Waals surface area contributed by atoms with Crippen molar-refractivity contribution in [3.63, 3.8) is 0 Å². The second kappa shape index (κ2) is 13.7. The van der Waals surface area contributed by atoms with Gasteiger partial charge in [-0.3, -0.25) is 14.5 Å². The quantitative estimate of drug-likeness (QED) is 0.164. The molecule has 0 aliphatic carbocycles. The summed E-state index contributed by atoms with van der Waals surface area (Å²) in [7, 11) is 3.55. The number of nitrogens with zero attached hydrogens (tertiary/aromatic N) is 2. The highest BCUT2D eigenvalue weighted by Gasteiger charge is 2.59. The third kappa shape index (κ3) is 5.40. The van der Waals surface area contributed by atoms with Crippen molar-refractivity contribution in [2.24, 2.45) is 0 Å². The Kier molecular flexibility index (Phi) is 8.89. The molecule has 4 atom stereocenters. The van der Waals surface area contributed by atoms with Gasteiger partial charge < -0.3 is 33.3 Å². The first-order valence-corrected chi connectivity index (χ1v) is 17.6. The first-order valence-electron chi connectivity index (χ1n) is 17.6. The van der Waals surface area contributed by atoms with Crippen molar-refractivity contribution in [2.75, 3.05) is 34.2 Å². The first-order chi connectivity index (χ1) is 25.3. The molecule has 2 bridgehead atoms. The molecule has 1 amide bonds. The summed E-state index contributed by atoms with van der Waals surface area (Å²) in [5.74, 6) is 2.12. The van der Waals surface area contributed by atoms with Crippen molar-refractivity contribution in [1.82, 2.24) is 9.80 Å². The minimum Gasteiger partial charge on any atom is -0.493 e. The molecule has 4 heterocycles. The van der Waals surface area contributed by atoms with Crippen molar-refractivity contribution in [2.45, 2.75) is 57.6 Å². The van der Waals surface area contributed by atoms with Gasteiger partial charge >= 0.3 is 0 Å². The van der Waals surface area contributed by atoms with E-state index in [1.807, 2.05) is 86.5 Å². The van der Waals surface area contributed by atoms with Crippen LogP contribution in [0, 0.1) is 13.8 Å². The lowest BCUT2D eigenvalue weighted by molar-refractivity contribution is -0.156. The van der Waals surface area contributed by atoms with Crippen LogP contribution in [-0.2, 0) is 29.2 Å². The Balaban J connectivity index is 1.31. The molecule has 268 valence electrons. The van der Waals surface area contributed by atoms with Crippen LogP contribution in [0.25, 0.3) is 0 Å². The molecule has 10 nitrogen and oxygen atoms in total. The molecule has 4 aliphatic heterocycles. The second-order valence-electron chi connectivity index (χ2n) is 13.7. The predicted octanol–water partition coefficient (Wildman–Crippen LogP) is 6.45. The summed E-state index contributed by atoms with van der Waals surface area (Å²) in [6.07, 6.45) is 2.08. The molecule has 0 spiro atoms. The summed E-state index contributed by atoms with van der Waals surface area (Å²) < 4.78 is 37.5. The van der Waals surface area contributed by atoms with Gasteiger partial charge in [-0.2, -0.15) is 0 Å². The number of benzene rings is 4. The molecule has 0 saturated carbocycles. The summed E-state index contributed by atoms with van der Waals surface area (Å²) in [6.45, 7) is 8.58. The topological polar surface area (TPSA) is 96.0 Å². The zero-order valence-electron chi connectivity index (χ0n) is 29.8. The molecule has 4 aromatic carbocycles. The van der Waals surface area contributed by atoms with E-state index in [2.05, 4.69) is 12.6 Å². The number of hydrogen-bond donors (Lipinski definition) is 0. The molecule has 1 saturated heterocycles. The molecule has 10 heteroatoms. The van der Waals surface area contributed by atoms with E-state index < -0.39 is 24.2 Å². The number of ether oxygens (including phenoxy) is 6. The van der Waals surface area contributed by atoms with Crippen LogP contribution in [0.5, 0.6) is 28.7 Å². The van der Waals surface area contributed by atoms with Gasteiger partial charge in [0.05, 0.1) is 44.0 Å². The van der Waals surface area contributed by atoms with Crippen molar-refractivity contribution >= 4 is 11.7 Å². The van der Waals surface area contributed by atoms with Gasteiger partial charge in [-0.1, -0.05) is 79.4 Å². The summed E-state index contributed by atoms with van der Waals surface area (Å²) in [4.78, 5) is 34.1. The number of Topliss-reactive ketones (excluding diaryl/α,β-unsaturated/α-hetero) is 1. The second-order valence-corrected chi connectivity index (χ2v) is 13.7. The smallest absolute Gasteiger partial charge is 0.241 e. The fourth-order valence-electron chi connectivity index (χ4n) is 8.42.